The van der Waals surface area contributed by atoms with Gasteiger partial charge in [0.1, 0.15) is 11.8 Å². The molecule has 5 nitrogen and oxygen atoms in total. The SMILES string of the molecule is CCNc1ccnc(C(=O)Nc2ccc(C#N)c(Cl)c2)c1. The van der Waals surface area contributed by atoms with E-state index < -0.39 is 0 Å². The van der Waals surface area contributed by atoms with Crippen molar-refractivity contribution in [2.75, 3.05) is 17.2 Å². The molecular formula is C15H13ClN4O. The molecule has 0 bridgehead atoms. The van der Waals surface area contributed by atoms with Gasteiger partial charge in [0.05, 0.1) is 10.6 Å². The van der Waals surface area contributed by atoms with E-state index in [4.69, 9.17) is 16.9 Å². The van der Waals surface area contributed by atoms with Crippen molar-refractivity contribution in [3.63, 3.8) is 0 Å². The van der Waals surface area contributed by atoms with Crippen molar-refractivity contribution in [2.45, 2.75) is 6.92 Å². The van der Waals surface area contributed by atoms with E-state index in [9.17, 15) is 4.79 Å². The number of rotatable bonds is 4. The molecule has 0 aliphatic carbocycles. The monoisotopic (exact) mass is 300 g/mol. The van der Waals surface area contributed by atoms with E-state index >= 15 is 0 Å². The van der Waals surface area contributed by atoms with E-state index in [-0.39, 0.29) is 5.91 Å². The summed E-state index contributed by atoms with van der Waals surface area (Å²) in [5.41, 5.74) is 2.01. The molecule has 1 aromatic heterocycles. The summed E-state index contributed by atoms with van der Waals surface area (Å²) >= 11 is 5.93. The van der Waals surface area contributed by atoms with Gasteiger partial charge in [0.25, 0.3) is 5.91 Å². The predicted molar refractivity (Wildman–Crippen MR) is 82.5 cm³/mol. The number of nitrogens with one attached hydrogen (secondary N) is 2. The topological polar surface area (TPSA) is 77.8 Å². The molecule has 6 heteroatoms. The van der Waals surface area contributed by atoms with Crippen molar-refractivity contribution in [1.29, 1.82) is 5.26 Å². The summed E-state index contributed by atoms with van der Waals surface area (Å²) in [6.45, 7) is 2.73. The van der Waals surface area contributed by atoms with Crippen LogP contribution in [-0.2, 0) is 0 Å². The van der Waals surface area contributed by atoms with Gasteiger partial charge >= 0.3 is 0 Å². The highest BCUT2D eigenvalue weighted by Crippen LogP contribution is 2.20. The van der Waals surface area contributed by atoms with Gasteiger partial charge in [-0.3, -0.25) is 9.78 Å². The van der Waals surface area contributed by atoms with Gasteiger partial charge in [-0.1, -0.05) is 11.6 Å². The molecule has 21 heavy (non-hydrogen) atoms. The number of anilines is 2. The Labute approximate surface area is 127 Å². The van der Waals surface area contributed by atoms with Gasteiger partial charge in [0, 0.05) is 24.1 Å². The lowest BCUT2D eigenvalue weighted by Crippen LogP contribution is -2.14. The third-order valence-corrected chi connectivity index (χ3v) is 3.03. The normalized spacial score (nSPS) is 9.76. The smallest absolute Gasteiger partial charge is 0.274 e. The predicted octanol–water partition coefficient (Wildman–Crippen LogP) is 3.29. The molecule has 0 saturated heterocycles. The van der Waals surface area contributed by atoms with Crippen molar-refractivity contribution in [3.05, 3.63) is 52.8 Å². The fourth-order valence-corrected chi connectivity index (χ4v) is 1.97. The van der Waals surface area contributed by atoms with Gasteiger partial charge in [-0.25, -0.2) is 0 Å². The number of carbonyl (C=O) groups excluding carboxylic acids is 1. The zero-order chi connectivity index (χ0) is 15.2. The Morgan fingerprint density at radius 3 is 2.81 bits per heavy atom. The second kappa shape index (κ2) is 6.73. The number of aromatic nitrogens is 1. The Morgan fingerprint density at radius 1 is 1.33 bits per heavy atom. The maximum absolute atomic E-state index is 12.1. The Kier molecular flexibility index (Phi) is 4.75. The molecule has 2 aromatic rings. The lowest BCUT2D eigenvalue weighted by molar-refractivity contribution is 0.102. The van der Waals surface area contributed by atoms with E-state index in [0.717, 1.165) is 12.2 Å². The average molecular weight is 301 g/mol. The molecule has 0 fully saturated rings. The molecule has 0 aliphatic heterocycles. The van der Waals surface area contributed by atoms with Crippen LogP contribution in [0.4, 0.5) is 11.4 Å². The standard InChI is InChI=1S/C15H13ClN4O/c1-2-18-11-5-6-19-14(8-11)15(21)20-12-4-3-10(9-17)13(16)7-12/h3-8H,2H2,1H3,(H,18,19)(H,20,21). The highest BCUT2D eigenvalue weighted by molar-refractivity contribution is 6.32. The van der Waals surface area contributed by atoms with E-state index in [2.05, 4.69) is 15.6 Å². The van der Waals surface area contributed by atoms with Gasteiger partial charge in [-0.05, 0) is 37.3 Å². The van der Waals surface area contributed by atoms with Crippen LogP contribution in [0.1, 0.15) is 23.0 Å². The van der Waals surface area contributed by atoms with Crippen LogP contribution in [0.5, 0.6) is 0 Å². The molecule has 1 amide bonds. The maximum Gasteiger partial charge on any atom is 0.274 e. The average Bonchev–Trinajstić information content (AvgIpc) is 2.48. The molecule has 2 N–H and O–H groups in total. The molecule has 1 aromatic carbocycles. The van der Waals surface area contributed by atoms with Crippen LogP contribution in [0.25, 0.3) is 0 Å². The highest BCUT2D eigenvalue weighted by atomic mass is 35.5. The quantitative estimate of drug-likeness (QED) is 0.908. The third-order valence-electron chi connectivity index (χ3n) is 2.72. The lowest BCUT2D eigenvalue weighted by Gasteiger charge is -2.07. The third kappa shape index (κ3) is 3.71. The molecule has 0 aliphatic rings. The first kappa shape index (κ1) is 14.8. The number of nitriles is 1. The van der Waals surface area contributed by atoms with E-state index in [0.29, 0.717) is 22.0 Å². The number of hydrogen-bond donors (Lipinski definition) is 2. The molecule has 2 rings (SSSR count). The number of hydrogen-bond acceptors (Lipinski definition) is 4. The van der Waals surface area contributed by atoms with Crippen molar-refractivity contribution < 1.29 is 4.79 Å². The molecule has 106 valence electrons. The van der Waals surface area contributed by atoms with Crippen LogP contribution in [0.2, 0.25) is 5.02 Å². The number of amides is 1. The van der Waals surface area contributed by atoms with Crippen LogP contribution in [0, 0.1) is 11.3 Å². The van der Waals surface area contributed by atoms with Gasteiger partial charge in [0.2, 0.25) is 0 Å². The molecule has 1 heterocycles. The first-order valence-corrected chi connectivity index (χ1v) is 6.72. The summed E-state index contributed by atoms with van der Waals surface area (Å²) < 4.78 is 0. The zero-order valence-electron chi connectivity index (χ0n) is 11.4. The number of benzene rings is 1. The van der Waals surface area contributed by atoms with Crippen LogP contribution in [0.3, 0.4) is 0 Å². The van der Waals surface area contributed by atoms with Crippen molar-refractivity contribution in [3.8, 4) is 6.07 Å². The molecule has 0 saturated carbocycles. The zero-order valence-corrected chi connectivity index (χ0v) is 12.1. The summed E-state index contributed by atoms with van der Waals surface area (Å²) in [7, 11) is 0. The summed E-state index contributed by atoms with van der Waals surface area (Å²) in [5.74, 6) is -0.337. The molecule has 0 unspecified atom stereocenters. The first-order valence-electron chi connectivity index (χ1n) is 6.35. The minimum absolute atomic E-state index is 0.296. The number of pyridine rings is 1. The van der Waals surface area contributed by atoms with E-state index in [1.807, 2.05) is 13.0 Å². The van der Waals surface area contributed by atoms with E-state index in [1.165, 1.54) is 6.07 Å². The minimum Gasteiger partial charge on any atom is -0.385 e. The Hall–Kier alpha value is -2.58. The summed E-state index contributed by atoms with van der Waals surface area (Å²) in [6, 6.07) is 10.1. The van der Waals surface area contributed by atoms with Crippen molar-refractivity contribution in [2.24, 2.45) is 0 Å². The number of halogens is 1. The van der Waals surface area contributed by atoms with Gasteiger partial charge in [-0.15, -0.1) is 0 Å². The van der Waals surface area contributed by atoms with Crippen LogP contribution >= 0.6 is 11.6 Å². The summed E-state index contributed by atoms with van der Waals surface area (Å²) in [6.07, 6.45) is 1.57. The van der Waals surface area contributed by atoms with Crippen LogP contribution < -0.4 is 10.6 Å². The molecular weight excluding hydrogens is 288 g/mol. The van der Waals surface area contributed by atoms with E-state index in [1.54, 1.807) is 30.5 Å². The molecule has 0 spiro atoms. The summed E-state index contributed by atoms with van der Waals surface area (Å²) in [5, 5.41) is 14.9. The fourth-order valence-electron chi connectivity index (χ4n) is 1.75. The maximum atomic E-state index is 12.1. The lowest BCUT2D eigenvalue weighted by atomic mass is 10.2. The van der Waals surface area contributed by atoms with Gasteiger partial charge < -0.3 is 10.6 Å². The van der Waals surface area contributed by atoms with Gasteiger partial charge in [0.15, 0.2) is 0 Å². The second-order valence-corrected chi connectivity index (χ2v) is 4.63. The first-order chi connectivity index (χ1) is 10.1. The Morgan fingerprint density at radius 2 is 2.14 bits per heavy atom. The largest absolute Gasteiger partial charge is 0.385 e. The molecule has 0 atom stereocenters. The van der Waals surface area contributed by atoms with Crippen LogP contribution in [0.15, 0.2) is 36.5 Å². The van der Waals surface area contributed by atoms with Gasteiger partial charge in [-0.2, -0.15) is 5.26 Å². The minimum atomic E-state index is -0.337. The number of carbonyl (C=O) groups is 1. The Balaban J connectivity index is 2.16. The summed E-state index contributed by atoms with van der Waals surface area (Å²) in [4.78, 5) is 16.2. The van der Waals surface area contributed by atoms with Crippen molar-refractivity contribution in [1.82, 2.24) is 4.98 Å². The van der Waals surface area contributed by atoms with Crippen molar-refractivity contribution >= 4 is 28.9 Å². The molecule has 0 radical (unpaired) electrons. The fraction of sp³-hybridized carbons (Fsp3) is 0.133. The highest BCUT2D eigenvalue weighted by Gasteiger charge is 2.09. The second-order valence-electron chi connectivity index (χ2n) is 4.22. The number of nitrogens with zero attached hydrogens (tertiary/aromatic N) is 2. The van der Waals surface area contributed by atoms with Crippen LogP contribution in [-0.4, -0.2) is 17.4 Å². The Bertz CT molecular complexity index is 709.